The van der Waals surface area contributed by atoms with E-state index < -0.39 is 0 Å². The van der Waals surface area contributed by atoms with E-state index >= 15 is 0 Å². The van der Waals surface area contributed by atoms with Gasteiger partial charge in [-0.1, -0.05) is 18.2 Å². The number of aromatic nitrogens is 3. The molecule has 0 atom stereocenters. The first-order valence-corrected chi connectivity index (χ1v) is 9.58. The Bertz CT molecular complexity index is 927. The number of anilines is 1. The highest BCUT2D eigenvalue weighted by molar-refractivity contribution is 7.71. The lowest BCUT2D eigenvalue weighted by atomic mass is 10.2. The average Bonchev–Trinajstić information content (AvgIpc) is 3.09. The number of para-hydroxylation sites is 1. The molecule has 1 fully saturated rings. The molecule has 0 unspecified atom stereocenters. The number of ether oxygens (including phenoxy) is 1. The normalized spacial score (nSPS) is 15.1. The smallest absolute Gasteiger partial charge is 0.221 e. The van der Waals surface area contributed by atoms with Gasteiger partial charge in [-0.3, -0.25) is 5.10 Å². The molecule has 4 rings (SSSR count). The number of H-pyrrole nitrogens is 1. The summed E-state index contributed by atoms with van der Waals surface area (Å²) in [6.07, 6.45) is 0. The highest BCUT2D eigenvalue weighted by atomic mass is 32.1. The Kier molecular flexibility index (Phi) is 5.22. The topological polar surface area (TPSA) is 50.5 Å². The maximum absolute atomic E-state index is 5.46. The molecule has 1 saturated heterocycles. The van der Waals surface area contributed by atoms with Crippen molar-refractivity contribution >= 4 is 17.9 Å². The number of hydrogen-bond donors (Lipinski definition) is 2. The molecule has 1 aliphatic rings. The molecule has 27 heavy (non-hydrogen) atoms. The Morgan fingerprint density at radius 3 is 2.44 bits per heavy atom. The lowest BCUT2D eigenvalue weighted by Gasteiger charge is -2.33. The molecule has 6 nitrogen and oxygen atoms in total. The largest absolute Gasteiger partial charge is 0.497 e. The average molecular weight is 383 g/mol. The summed E-state index contributed by atoms with van der Waals surface area (Å²) >= 11 is 5.46. The third-order valence-electron chi connectivity index (χ3n) is 5.02. The molecule has 2 aromatic carbocycles. The molecule has 7 heteroatoms. The fourth-order valence-electron chi connectivity index (χ4n) is 3.44. The molecular weight excluding hydrogens is 358 g/mol. The predicted octanol–water partition coefficient (Wildman–Crippen LogP) is 1.98. The van der Waals surface area contributed by atoms with Crippen LogP contribution >= 0.6 is 12.2 Å². The number of nitrogens with one attached hydrogen (secondary N) is 2. The minimum atomic E-state index is 0.596. The van der Waals surface area contributed by atoms with Crippen molar-refractivity contribution in [2.75, 3.05) is 38.2 Å². The third kappa shape index (κ3) is 4.04. The molecule has 2 N–H and O–H groups in total. The summed E-state index contributed by atoms with van der Waals surface area (Å²) in [5.74, 6) is 1.63. The van der Waals surface area contributed by atoms with E-state index in [-0.39, 0.29) is 0 Å². The van der Waals surface area contributed by atoms with Crippen LogP contribution in [0, 0.1) is 4.77 Å². The van der Waals surface area contributed by atoms with Gasteiger partial charge in [-0.25, -0.2) is 4.68 Å². The number of methoxy groups -OCH3 is 1. The lowest BCUT2D eigenvalue weighted by Crippen LogP contribution is -3.14. The van der Waals surface area contributed by atoms with Gasteiger partial charge in [0.05, 0.1) is 33.3 Å². The highest BCUT2D eigenvalue weighted by Crippen LogP contribution is 2.19. The van der Waals surface area contributed by atoms with E-state index in [1.807, 2.05) is 28.9 Å². The van der Waals surface area contributed by atoms with E-state index in [0.29, 0.717) is 4.77 Å². The fraction of sp³-hybridized carbons (Fsp3) is 0.300. The van der Waals surface area contributed by atoms with Crippen molar-refractivity contribution in [3.63, 3.8) is 0 Å². The Hall–Kier alpha value is -2.64. The highest BCUT2D eigenvalue weighted by Gasteiger charge is 2.21. The standard InChI is InChI=1S/C20H23N5OS/c1-26-18-9-7-16(8-10-18)19-21-20(27)25(22-19)15-23-11-13-24(14-12-23)17-5-3-2-4-6-17/h2-10H,11-15H2,1H3,(H,21,22,27)/p+1. The molecule has 0 spiro atoms. The minimum absolute atomic E-state index is 0.596. The van der Waals surface area contributed by atoms with E-state index in [0.717, 1.165) is 50.0 Å². The molecule has 140 valence electrons. The summed E-state index contributed by atoms with van der Waals surface area (Å²) in [6.45, 7) is 5.06. The molecule has 3 aromatic rings. The predicted molar refractivity (Wildman–Crippen MR) is 109 cm³/mol. The van der Waals surface area contributed by atoms with Crippen LogP contribution in [0.1, 0.15) is 0 Å². The van der Waals surface area contributed by atoms with Gasteiger partial charge in [0.25, 0.3) is 0 Å². The van der Waals surface area contributed by atoms with Gasteiger partial charge in [-0.15, -0.1) is 0 Å². The van der Waals surface area contributed by atoms with Crippen molar-refractivity contribution in [2.24, 2.45) is 0 Å². The van der Waals surface area contributed by atoms with Crippen LogP contribution in [0.2, 0.25) is 0 Å². The number of quaternary nitrogens is 1. The molecule has 0 saturated carbocycles. The summed E-state index contributed by atoms with van der Waals surface area (Å²) in [6, 6.07) is 18.4. The van der Waals surface area contributed by atoms with Gasteiger partial charge in [-0.05, 0) is 48.6 Å². The van der Waals surface area contributed by atoms with Crippen molar-refractivity contribution in [1.82, 2.24) is 14.8 Å². The van der Waals surface area contributed by atoms with Crippen molar-refractivity contribution in [1.29, 1.82) is 0 Å². The first-order chi connectivity index (χ1) is 13.2. The number of hydrogen-bond acceptors (Lipinski definition) is 4. The lowest BCUT2D eigenvalue weighted by molar-refractivity contribution is -0.924. The van der Waals surface area contributed by atoms with Gasteiger partial charge < -0.3 is 14.5 Å². The monoisotopic (exact) mass is 382 g/mol. The third-order valence-corrected chi connectivity index (χ3v) is 5.33. The summed E-state index contributed by atoms with van der Waals surface area (Å²) < 4.78 is 7.78. The first-order valence-electron chi connectivity index (χ1n) is 9.18. The van der Waals surface area contributed by atoms with Crippen LogP contribution in [0.25, 0.3) is 11.4 Å². The molecule has 0 amide bonds. The molecule has 1 aromatic heterocycles. The molecule has 0 aliphatic carbocycles. The van der Waals surface area contributed by atoms with Gasteiger partial charge in [0.2, 0.25) is 4.77 Å². The van der Waals surface area contributed by atoms with Gasteiger partial charge in [-0.2, -0.15) is 4.98 Å². The SMILES string of the molecule is COc1ccc(-c2nc(=S)n(C[NH+]3CCN(c4ccccc4)CC3)[nH]2)cc1. The number of rotatable bonds is 5. The van der Waals surface area contributed by atoms with Crippen molar-refractivity contribution in [3.8, 4) is 17.1 Å². The van der Waals surface area contributed by atoms with Crippen LogP contribution in [0.3, 0.4) is 0 Å². The summed E-state index contributed by atoms with van der Waals surface area (Å²) in [7, 11) is 1.66. The van der Waals surface area contributed by atoms with E-state index in [1.165, 1.54) is 10.6 Å². The van der Waals surface area contributed by atoms with E-state index in [1.54, 1.807) is 7.11 Å². The summed E-state index contributed by atoms with van der Waals surface area (Å²) in [4.78, 5) is 8.47. The van der Waals surface area contributed by atoms with Crippen LogP contribution in [0.15, 0.2) is 54.6 Å². The second kappa shape index (κ2) is 7.94. The quantitative estimate of drug-likeness (QED) is 0.663. The van der Waals surface area contributed by atoms with Gasteiger partial charge in [0.1, 0.15) is 5.75 Å². The van der Waals surface area contributed by atoms with Crippen LogP contribution < -0.4 is 14.5 Å². The van der Waals surface area contributed by atoms with Crippen molar-refractivity contribution < 1.29 is 9.64 Å². The number of aromatic amines is 1. The Morgan fingerprint density at radius 1 is 1.07 bits per heavy atom. The van der Waals surface area contributed by atoms with Crippen LogP contribution in [0.5, 0.6) is 5.75 Å². The van der Waals surface area contributed by atoms with Gasteiger partial charge in [0, 0.05) is 11.3 Å². The zero-order valence-electron chi connectivity index (χ0n) is 15.4. The zero-order valence-corrected chi connectivity index (χ0v) is 16.2. The Balaban J connectivity index is 1.40. The molecule has 0 bridgehead atoms. The van der Waals surface area contributed by atoms with Gasteiger partial charge in [0.15, 0.2) is 12.5 Å². The first kappa shape index (κ1) is 17.8. The number of piperazine rings is 1. The molecular formula is C20H24N5OS+. The molecule has 1 aliphatic heterocycles. The van der Waals surface area contributed by atoms with E-state index in [4.69, 9.17) is 17.0 Å². The van der Waals surface area contributed by atoms with E-state index in [9.17, 15) is 0 Å². The summed E-state index contributed by atoms with van der Waals surface area (Å²) in [5.41, 5.74) is 2.31. The fourth-order valence-corrected chi connectivity index (χ4v) is 3.64. The number of nitrogens with zero attached hydrogens (tertiary/aromatic N) is 3. The molecule has 2 heterocycles. The van der Waals surface area contributed by atoms with Gasteiger partial charge >= 0.3 is 0 Å². The second-order valence-corrected chi connectivity index (χ2v) is 7.11. The number of benzene rings is 2. The second-order valence-electron chi connectivity index (χ2n) is 6.74. The summed E-state index contributed by atoms with van der Waals surface area (Å²) in [5, 5.41) is 3.35. The zero-order chi connectivity index (χ0) is 18.6. The Morgan fingerprint density at radius 2 is 1.78 bits per heavy atom. The van der Waals surface area contributed by atoms with E-state index in [2.05, 4.69) is 45.3 Å². The van der Waals surface area contributed by atoms with Crippen LogP contribution in [0.4, 0.5) is 5.69 Å². The minimum Gasteiger partial charge on any atom is -0.497 e. The van der Waals surface area contributed by atoms with Crippen LogP contribution in [-0.2, 0) is 6.67 Å². The van der Waals surface area contributed by atoms with Crippen molar-refractivity contribution in [3.05, 3.63) is 59.4 Å². The van der Waals surface area contributed by atoms with Crippen LogP contribution in [-0.4, -0.2) is 48.1 Å². The molecule has 0 radical (unpaired) electrons. The maximum Gasteiger partial charge on any atom is 0.221 e. The maximum atomic E-state index is 5.46. The Labute approximate surface area is 164 Å². The van der Waals surface area contributed by atoms with Crippen molar-refractivity contribution in [2.45, 2.75) is 6.67 Å².